The highest BCUT2D eigenvalue weighted by molar-refractivity contribution is 7.89. The van der Waals surface area contributed by atoms with Crippen molar-refractivity contribution in [1.82, 2.24) is 4.31 Å². The minimum Gasteiger partial charge on any atom is -0.481 e. The molecule has 5 nitrogen and oxygen atoms in total. The number of nitrogens with zero attached hydrogens (tertiary/aromatic N) is 1. The summed E-state index contributed by atoms with van der Waals surface area (Å²) < 4.78 is 26.4. The first-order valence-corrected chi connectivity index (χ1v) is 8.62. The normalized spacial score (nSPS) is 23.4. The van der Waals surface area contributed by atoms with E-state index in [1.54, 1.807) is 6.92 Å². The van der Waals surface area contributed by atoms with E-state index in [-0.39, 0.29) is 34.5 Å². The number of aliphatic carboxylic acids is 1. The van der Waals surface area contributed by atoms with Crippen molar-refractivity contribution in [3.63, 3.8) is 0 Å². The van der Waals surface area contributed by atoms with Crippen LogP contribution in [0.3, 0.4) is 0 Å². The van der Waals surface area contributed by atoms with Gasteiger partial charge in [0.15, 0.2) is 0 Å². The summed E-state index contributed by atoms with van der Waals surface area (Å²) >= 11 is 11.8. The highest BCUT2D eigenvalue weighted by atomic mass is 35.5. The summed E-state index contributed by atoms with van der Waals surface area (Å²) in [6.45, 7) is 1.85. The molecule has 0 amide bonds. The van der Waals surface area contributed by atoms with Crippen molar-refractivity contribution in [2.24, 2.45) is 5.41 Å². The van der Waals surface area contributed by atoms with Gasteiger partial charge in [0.05, 0.1) is 15.5 Å². The Labute approximate surface area is 133 Å². The van der Waals surface area contributed by atoms with Crippen LogP contribution in [0.15, 0.2) is 23.1 Å². The molecule has 1 aromatic rings. The van der Waals surface area contributed by atoms with Crippen molar-refractivity contribution in [3.8, 4) is 0 Å². The molecule has 0 bridgehead atoms. The largest absolute Gasteiger partial charge is 0.481 e. The second kappa shape index (κ2) is 5.76. The zero-order chi connectivity index (χ0) is 15.8. The Balaban J connectivity index is 2.39. The topological polar surface area (TPSA) is 74.7 Å². The third kappa shape index (κ3) is 2.77. The van der Waals surface area contributed by atoms with Crippen molar-refractivity contribution < 1.29 is 18.3 Å². The fourth-order valence-corrected chi connectivity index (χ4v) is 4.74. The zero-order valence-corrected chi connectivity index (χ0v) is 13.7. The number of benzene rings is 1. The van der Waals surface area contributed by atoms with Gasteiger partial charge in [-0.3, -0.25) is 4.79 Å². The first-order valence-electron chi connectivity index (χ1n) is 6.42. The maximum absolute atomic E-state index is 12.6. The molecule has 0 aliphatic carbocycles. The zero-order valence-electron chi connectivity index (χ0n) is 11.3. The molecule has 1 saturated heterocycles. The van der Waals surface area contributed by atoms with Crippen LogP contribution in [-0.2, 0) is 14.8 Å². The van der Waals surface area contributed by atoms with E-state index in [1.807, 2.05) is 0 Å². The molecule has 0 aromatic heterocycles. The van der Waals surface area contributed by atoms with Gasteiger partial charge in [-0.15, -0.1) is 0 Å². The average Bonchev–Trinajstić information content (AvgIpc) is 2.88. The average molecular weight is 352 g/mol. The van der Waals surface area contributed by atoms with Crippen LogP contribution >= 0.6 is 23.2 Å². The van der Waals surface area contributed by atoms with Crippen LogP contribution < -0.4 is 0 Å². The van der Waals surface area contributed by atoms with Crippen LogP contribution in [0.5, 0.6) is 0 Å². The quantitative estimate of drug-likeness (QED) is 0.904. The second-order valence-corrected chi connectivity index (χ2v) is 7.77. The van der Waals surface area contributed by atoms with Crippen molar-refractivity contribution in [2.75, 3.05) is 13.1 Å². The molecule has 0 saturated carbocycles. The van der Waals surface area contributed by atoms with Crippen LogP contribution in [0.2, 0.25) is 10.0 Å². The van der Waals surface area contributed by atoms with E-state index in [1.165, 1.54) is 22.5 Å². The smallest absolute Gasteiger partial charge is 0.311 e. The maximum atomic E-state index is 12.6. The van der Waals surface area contributed by atoms with Gasteiger partial charge in [0.1, 0.15) is 4.90 Å². The Morgan fingerprint density at radius 3 is 2.62 bits per heavy atom. The van der Waals surface area contributed by atoms with Crippen molar-refractivity contribution in [1.29, 1.82) is 0 Å². The molecule has 1 unspecified atom stereocenters. The van der Waals surface area contributed by atoms with Crippen LogP contribution in [0, 0.1) is 5.41 Å². The van der Waals surface area contributed by atoms with Gasteiger partial charge < -0.3 is 5.11 Å². The summed E-state index contributed by atoms with van der Waals surface area (Å²) in [5.41, 5.74) is -1.03. The van der Waals surface area contributed by atoms with Crippen LogP contribution in [0.25, 0.3) is 0 Å². The standard InChI is InChI=1S/C13H15Cl2NO4S/c1-2-13(12(17)18)6-7-16(8-13)21(19,20)10-5-3-4-9(14)11(10)15/h3-5H,2,6-8H2,1H3,(H,17,18). The summed E-state index contributed by atoms with van der Waals surface area (Å²) in [4.78, 5) is 11.3. The summed E-state index contributed by atoms with van der Waals surface area (Å²) in [6, 6.07) is 4.37. The Kier molecular flexibility index (Phi) is 4.54. The summed E-state index contributed by atoms with van der Waals surface area (Å²) in [7, 11) is -3.85. The Bertz CT molecular complexity index is 677. The number of rotatable bonds is 4. The van der Waals surface area contributed by atoms with Gasteiger partial charge in [-0.25, -0.2) is 8.42 Å². The molecule has 1 fully saturated rings. The van der Waals surface area contributed by atoms with Crippen molar-refractivity contribution in [3.05, 3.63) is 28.2 Å². The van der Waals surface area contributed by atoms with Crippen LogP contribution in [-0.4, -0.2) is 36.9 Å². The minimum absolute atomic E-state index is 0.0384. The molecule has 1 N–H and O–H groups in total. The number of halogens is 2. The molecule has 1 atom stereocenters. The molecule has 1 aromatic carbocycles. The van der Waals surface area contributed by atoms with E-state index >= 15 is 0 Å². The molecule has 8 heteroatoms. The highest BCUT2D eigenvalue weighted by Crippen LogP contribution is 2.39. The molecule has 1 aliphatic rings. The number of carbonyl (C=O) groups is 1. The highest BCUT2D eigenvalue weighted by Gasteiger charge is 2.47. The lowest BCUT2D eigenvalue weighted by atomic mass is 9.85. The first-order chi connectivity index (χ1) is 9.74. The molecule has 21 heavy (non-hydrogen) atoms. The van der Waals surface area contributed by atoms with E-state index in [0.717, 1.165) is 0 Å². The van der Waals surface area contributed by atoms with E-state index < -0.39 is 21.4 Å². The Hall–Kier alpha value is -0.820. The number of carboxylic acids is 1. The van der Waals surface area contributed by atoms with Gasteiger partial charge in [-0.1, -0.05) is 36.2 Å². The minimum atomic E-state index is -3.85. The summed E-state index contributed by atoms with van der Waals surface area (Å²) in [6.07, 6.45) is 0.661. The van der Waals surface area contributed by atoms with Gasteiger partial charge >= 0.3 is 5.97 Å². The molecule has 0 radical (unpaired) electrons. The monoisotopic (exact) mass is 351 g/mol. The first kappa shape index (κ1) is 16.5. The third-order valence-electron chi connectivity index (χ3n) is 3.98. The predicted molar refractivity (Wildman–Crippen MR) is 80.2 cm³/mol. The second-order valence-electron chi connectivity index (χ2n) is 5.08. The molecular formula is C13H15Cl2NO4S. The fraction of sp³-hybridized carbons (Fsp3) is 0.462. The number of hydrogen-bond acceptors (Lipinski definition) is 3. The van der Waals surface area contributed by atoms with Crippen LogP contribution in [0.1, 0.15) is 19.8 Å². The Morgan fingerprint density at radius 2 is 2.10 bits per heavy atom. The maximum Gasteiger partial charge on any atom is 0.311 e. The van der Waals surface area contributed by atoms with Gasteiger partial charge in [0.25, 0.3) is 0 Å². The predicted octanol–water partition coefficient (Wildman–Crippen LogP) is 2.87. The van der Waals surface area contributed by atoms with Crippen LogP contribution in [0.4, 0.5) is 0 Å². The Morgan fingerprint density at radius 1 is 1.43 bits per heavy atom. The van der Waals surface area contributed by atoms with E-state index in [4.69, 9.17) is 23.2 Å². The van der Waals surface area contributed by atoms with Gasteiger partial charge in [0.2, 0.25) is 10.0 Å². The van der Waals surface area contributed by atoms with Crippen molar-refractivity contribution in [2.45, 2.75) is 24.7 Å². The lowest BCUT2D eigenvalue weighted by Gasteiger charge is -2.23. The van der Waals surface area contributed by atoms with E-state index in [2.05, 4.69) is 0 Å². The lowest BCUT2D eigenvalue weighted by molar-refractivity contribution is -0.148. The molecule has 1 aliphatic heterocycles. The van der Waals surface area contributed by atoms with Gasteiger partial charge in [0, 0.05) is 13.1 Å². The number of carboxylic acid groups (broad SMARTS) is 1. The molecule has 116 valence electrons. The molecule has 0 spiro atoms. The van der Waals surface area contributed by atoms with Crippen molar-refractivity contribution >= 4 is 39.2 Å². The number of sulfonamides is 1. The molecular weight excluding hydrogens is 337 g/mol. The van der Waals surface area contributed by atoms with E-state index in [9.17, 15) is 18.3 Å². The summed E-state index contributed by atoms with van der Waals surface area (Å²) in [5, 5.41) is 9.46. The number of hydrogen-bond donors (Lipinski definition) is 1. The van der Waals surface area contributed by atoms with Gasteiger partial charge in [-0.2, -0.15) is 4.31 Å². The SMILES string of the molecule is CCC1(C(=O)O)CCN(S(=O)(=O)c2cccc(Cl)c2Cl)C1. The fourth-order valence-electron chi connectivity index (χ4n) is 2.48. The molecule has 1 heterocycles. The van der Waals surface area contributed by atoms with E-state index in [0.29, 0.717) is 6.42 Å². The third-order valence-corrected chi connectivity index (χ3v) is 6.80. The van der Waals surface area contributed by atoms with Gasteiger partial charge in [-0.05, 0) is 25.0 Å². The lowest BCUT2D eigenvalue weighted by Crippen LogP contribution is -2.36. The molecule has 2 rings (SSSR count). The summed E-state index contributed by atoms with van der Waals surface area (Å²) in [5.74, 6) is -0.972.